The van der Waals surface area contributed by atoms with E-state index in [1.807, 2.05) is 39.0 Å². The van der Waals surface area contributed by atoms with Crippen molar-refractivity contribution in [2.45, 2.75) is 34.1 Å². The summed E-state index contributed by atoms with van der Waals surface area (Å²) in [5.41, 5.74) is 7.89. The maximum Gasteiger partial charge on any atom is 0.237 e. The van der Waals surface area contributed by atoms with Gasteiger partial charge in [-0.25, -0.2) is 0 Å². The molecule has 18 heavy (non-hydrogen) atoms. The predicted octanol–water partition coefficient (Wildman–Crippen LogP) is 2.94. The molecular formula is C14H20N2OS. The fourth-order valence-electron chi connectivity index (χ4n) is 1.59. The van der Waals surface area contributed by atoms with Gasteiger partial charge in [-0.15, -0.1) is 0 Å². The van der Waals surface area contributed by atoms with Crippen LogP contribution in [0.25, 0.3) is 0 Å². The monoisotopic (exact) mass is 264 g/mol. The van der Waals surface area contributed by atoms with Gasteiger partial charge in [0.15, 0.2) is 0 Å². The zero-order valence-electron chi connectivity index (χ0n) is 11.3. The summed E-state index contributed by atoms with van der Waals surface area (Å²) in [7, 11) is 0. The van der Waals surface area contributed by atoms with Gasteiger partial charge < -0.3 is 11.1 Å². The predicted molar refractivity (Wildman–Crippen MR) is 79.7 cm³/mol. The summed E-state index contributed by atoms with van der Waals surface area (Å²) in [6.07, 6.45) is 0.582. The van der Waals surface area contributed by atoms with Crippen LogP contribution in [-0.4, -0.2) is 10.9 Å². The van der Waals surface area contributed by atoms with Crippen molar-refractivity contribution in [2.24, 2.45) is 11.1 Å². The number of hydrogen-bond donors (Lipinski definition) is 2. The van der Waals surface area contributed by atoms with Crippen LogP contribution in [0, 0.1) is 19.3 Å². The standard InChI is InChI=1S/C14H20N2OS/c1-5-14(4,12(15)18)13(17)16-11-8-6-7-9(2)10(11)3/h6-8H,5H2,1-4H3,(H2,15,18)(H,16,17). The van der Waals surface area contributed by atoms with Gasteiger partial charge in [-0.1, -0.05) is 31.3 Å². The SMILES string of the molecule is CCC(C)(C(=O)Nc1cccc(C)c1C)C(N)=S. The molecule has 0 fully saturated rings. The molecule has 3 N–H and O–H groups in total. The highest BCUT2D eigenvalue weighted by atomic mass is 32.1. The minimum absolute atomic E-state index is 0.147. The molecule has 0 saturated carbocycles. The Morgan fingerprint density at radius 3 is 2.56 bits per heavy atom. The van der Waals surface area contributed by atoms with Gasteiger partial charge in [0.05, 0.1) is 10.4 Å². The molecule has 1 aromatic rings. The molecule has 0 heterocycles. The van der Waals surface area contributed by atoms with Gasteiger partial charge in [0.2, 0.25) is 5.91 Å². The van der Waals surface area contributed by atoms with Gasteiger partial charge in [-0.2, -0.15) is 0 Å². The van der Waals surface area contributed by atoms with Crippen LogP contribution in [0.5, 0.6) is 0 Å². The molecule has 3 nitrogen and oxygen atoms in total. The van der Waals surface area contributed by atoms with Gasteiger partial charge in [0.25, 0.3) is 0 Å². The number of rotatable bonds is 4. The smallest absolute Gasteiger partial charge is 0.237 e. The number of hydrogen-bond acceptors (Lipinski definition) is 2. The lowest BCUT2D eigenvalue weighted by atomic mass is 9.86. The Morgan fingerprint density at radius 2 is 2.06 bits per heavy atom. The normalized spacial score (nSPS) is 13.8. The van der Waals surface area contributed by atoms with Crippen molar-refractivity contribution in [1.29, 1.82) is 0 Å². The Labute approximate surface area is 114 Å². The van der Waals surface area contributed by atoms with Gasteiger partial charge in [-0.3, -0.25) is 4.79 Å². The summed E-state index contributed by atoms with van der Waals surface area (Å²) in [4.78, 5) is 12.5. The van der Waals surface area contributed by atoms with Crippen molar-refractivity contribution in [3.63, 3.8) is 0 Å². The third-order valence-electron chi connectivity index (χ3n) is 3.60. The average molecular weight is 264 g/mol. The molecular weight excluding hydrogens is 244 g/mol. The van der Waals surface area contributed by atoms with Crippen LogP contribution >= 0.6 is 12.2 Å². The topological polar surface area (TPSA) is 55.1 Å². The first kappa shape index (κ1) is 14.6. The van der Waals surface area contributed by atoms with E-state index in [0.717, 1.165) is 16.8 Å². The molecule has 98 valence electrons. The maximum absolute atomic E-state index is 12.3. The Morgan fingerprint density at radius 1 is 1.44 bits per heavy atom. The minimum atomic E-state index is -0.800. The second kappa shape index (κ2) is 5.48. The van der Waals surface area contributed by atoms with Crippen LogP contribution < -0.4 is 11.1 Å². The van der Waals surface area contributed by atoms with E-state index in [1.165, 1.54) is 0 Å². The van der Waals surface area contributed by atoms with Crippen LogP contribution in [0.2, 0.25) is 0 Å². The molecule has 1 rings (SSSR count). The number of nitrogens with one attached hydrogen (secondary N) is 1. The Balaban J connectivity index is 3.01. The van der Waals surface area contributed by atoms with Crippen LogP contribution in [-0.2, 0) is 4.79 Å². The van der Waals surface area contributed by atoms with E-state index in [-0.39, 0.29) is 10.9 Å². The van der Waals surface area contributed by atoms with Gasteiger partial charge in [-0.05, 0) is 44.4 Å². The van der Waals surface area contributed by atoms with E-state index in [1.54, 1.807) is 6.92 Å². The minimum Gasteiger partial charge on any atom is -0.392 e. The van der Waals surface area contributed by atoms with Gasteiger partial charge >= 0.3 is 0 Å². The van der Waals surface area contributed by atoms with Crippen molar-refractivity contribution in [3.05, 3.63) is 29.3 Å². The molecule has 0 aliphatic carbocycles. The summed E-state index contributed by atoms with van der Waals surface area (Å²) in [5.74, 6) is -0.147. The first-order valence-corrected chi connectivity index (χ1v) is 6.41. The molecule has 0 spiro atoms. The van der Waals surface area contributed by atoms with Crippen LogP contribution in [0.4, 0.5) is 5.69 Å². The Hall–Kier alpha value is -1.42. The number of thiocarbonyl (C=S) groups is 1. The fraction of sp³-hybridized carbons (Fsp3) is 0.429. The summed E-state index contributed by atoms with van der Waals surface area (Å²) >= 11 is 5.00. The first-order valence-electron chi connectivity index (χ1n) is 6.00. The lowest BCUT2D eigenvalue weighted by Crippen LogP contribution is -2.43. The van der Waals surface area contributed by atoms with E-state index in [2.05, 4.69) is 5.32 Å². The lowest BCUT2D eigenvalue weighted by Gasteiger charge is -2.26. The zero-order valence-corrected chi connectivity index (χ0v) is 12.1. The van der Waals surface area contributed by atoms with Crippen LogP contribution in [0.3, 0.4) is 0 Å². The van der Waals surface area contributed by atoms with Gasteiger partial charge in [0, 0.05) is 5.69 Å². The molecule has 1 atom stereocenters. The number of aryl methyl sites for hydroxylation is 1. The van der Waals surface area contributed by atoms with Crippen LogP contribution in [0.15, 0.2) is 18.2 Å². The first-order chi connectivity index (χ1) is 8.32. The molecule has 4 heteroatoms. The average Bonchev–Trinajstić information content (AvgIpc) is 2.33. The second-order valence-corrected chi connectivity index (χ2v) is 5.19. The third-order valence-corrected chi connectivity index (χ3v) is 4.06. The molecule has 1 aromatic carbocycles. The van der Waals surface area contributed by atoms with E-state index >= 15 is 0 Å². The number of nitrogens with two attached hydrogens (primary N) is 1. The second-order valence-electron chi connectivity index (χ2n) is 4.75. The molecule has 0 radical (unpaired) electrons. The molecule has 0 bridgehead atoms. The van der Waals surface area contributed by atoms with E-state index in [4.69, 9.17) is 18.0 Å². The van der Waals surface area contributed by atoms with E-state index in [0.29, 0.717) is 6.42 Å². The van der Waals surface area contributed by atoms with E-state index < -0.39 is 5.41 Å². The highest BCUT2D eigenvalue weighted by molar-refractivity contribution is 7.80. The highest BCUT2D eigenvalue weighted by Gasteiger charge is 2.34. The van der Waals surface area contributed by atoms with E-state index in [9.17, 15) is 4.79 Å². The summed E-state index contributed by atoms with van der Waals surface area (Å²) in [6, 6.07) is 5.81. The molecule has 0 aliphatic heterocycles. The highest BCUT2D eigenvalue weighted by Crippen LogP contribution is 2.26. The summed E-state index contributed by atoms with van der Waals surface area (Å²) in [6.45, 7) is 7.67. The van der Waals surface area contributed by atoms with Crippen LogP contribution in [0.1, 0.15) is 31.4 Å². The largest absolute Gasteiger partial charge is 0.392 e. The van der Waals surface area contributed by atoms with Gasteiger partial charge in [0.1, 0.15) is 0 Å². The van der Waals surface area contributed by atoms with Crippen molar-refractivity contribution in [1.82, 2.24) is 0 Å². The molecule has 1 unspecified atom stereocenters. The summed E-state index contributed by atoms with van der Waals surface area (Å²) in [5, 5.41) is 2.92. The molecule has 0 aliphatic rings. The molecule has 0 saturated heterocycles. The number of carbonyl (C=O) groups excluding carboxylic acids is 1. The Bertz CT molecular complexity index is 485. The van der Waals surface area contributed by atoms with Crippen molar-refractivity contribution in [3.8, 4) is 0 Å². The number of amides is 1. The Kier molecular flexibility index (Phi) is 4.46. The number of carbonyl (C=O) groups is 1. The molecule has 0 aromatic heterocycles. The maximum atomic E-state index is 12.3. The third kappa shape index (κ3) is 2.70. The van der Waals surface area contributed by atoms with Crippen molar-refractivity contribution >= 4 is 28.8 Å². The van der Waals surface area contributed by atoms with Crippen molar-refractivity contribution < 1.29 is 4.79 Å². The summed E-state index contributed by atoms with van der Waals surface area (Å²) < 4.78 is 0. The fourth-order valence-corrected chi connectivity index (χ4v) is 1.83. The number of anilines is 1. The molecule has 1 amide bonds. The zero-order chi connectivity index (χ0) is 13.9. The van der Waals surface area contributed by atoms with Crippen molar-refractivity contribution in [2.75, 3.05) is 5.32 Å². The lowest BCUT2D eigenvalue weighted by molar-refractivity contribution is -0.121. The quantitative estimate of drug-likeness (QED) is 0.822. The number of benzene rings is 1.